The van der Waals surface area contributed by atoms with E-state index in [4.69, 9.17) is 5.10 Å². The molecular formula is C30H32N10O2S. The fourth-order valence-electron chi connectivity index (χ4n) is 6.69. The molecule has 0 bridgehead atoms. The Labute approximate surface area is 248 Å². The maximum absolute atomic E-state index is 14.0. The minimum Gasteiger partial charge on any atom is -0.300 e. The monoisotopic (exact) mass is 596 g/mol. The van der Waals surface area contributed by atoms with Gasteiger partial charge in [0.05, 0.1) is 30.8 Å². The Morgan fingerprint density at radius 3 is 2.33 bits per heavy atom. The van der Waals surface area contributed by atoms with Gasteiger partial charge in [0.2, 0.25) is 0 Å². The van der Waals surface area contributed by atoms with Crippen LogP contribution in [0.2, 0.25) is 0 Å². The summed E-state index contributed by atoms with van der Waals surface area (Å²) in [6.07, 6.45) is 21.4. The number of likely N-dealkylation sites (tertiary alicyclic amines) is 1. The molecule has 7 heterocycles. The van der Waals surface area contributed by atoms with E-state index in [1.54, 1.807) is 33.7 Å². The summed E-state index contributed by atoms with van der Waals surface area (Å²) in [4.78, 5) is 11.6. The molecule has 0 aromatic carbocycles. The molecule has 1 saturated carbocycles. The molecule has 1 aliphatic carbocycles. The van der Waals surface area contributed by atoms with E-state index in [0.717, 1.165) is 58.3 Å². The van der Waals surface area contributed by atoms with Gasteiger partial charge >= 0.3 is 10.0 Å². The molecule has 2 aliphatic rings. The highest BCUT2D eigenvalue weighted by molar-refractivity contribution is 7.90. The van der Waals surface area contributed by atoms with Crippen LogP contribution in [0.1, 0.15) is 44.6 Å². The maximum atomic E-state index is 14.0. The van der Waals surface area contributed by atoms with Gasteiger partial charge in [-0.1, -0.05) is 12.8 Å². The van der Waals surface area contributed by atoms with Crippen molar-refractivity contribution in [3.8, 4) is 22.3 Å². The molecular weight excluding hydrogens is 564 g/mol. The van der Waals surface area contributed by atoms with Crippen molar-refractivity contribution >= 4 is 26.7 Å². The number of aromatic nitrogens is 9. The molecule has 6 aromatic heterocycles. The summed E-state index contributed by atoms with van der Waals surface area (Å²) < 4.78 is 34.4. The van der Waals surface area contributed by atoms with Gasteiger partial charge in [-0.15, -0.1) is 0 Å². The SMILES string of the molecule is Cn1cc(-c2ccc3ncc(S(=O)(=O)n4ncc5ncc(-c6cnn(C7CCN(C8CCCC8)CC7)c6)cc54)n3c2)cn1. The van der Waals surface area contributed by atoms with Crippen molar-refractivity contribution in [2.75, 3.05) is 13.1 Å². The van der Waals surface area contributed by atoms with Crippen LogP contribution in [0, 0.1) is 0 Å². The zero-order valence-corrected chi connectivity index (χ0v) is 24.7. The first-order valence-corrected chi connectivity index (χ1v) is 16.2. The molecule has 2 fully saturated rings. The van der Waals surface area contributed by atoms with Crippen molar-refractivity contribution in [3.05, 3.63) is 67.8 Å². The highest BCUT2D eigenvalue weighted by Gasteiger charge is 2.29. The third-order valence-corrected chi connectivity index (χ3v) is 10.6. The zero-order chi connectivity index (χ0) is 29.1. The summed E-state index contributed by atoms with van der Waals surface area (Å²) in [7, 11) is -2.26. The molecule has 1 saturated heterocycles. The lowest BCUT2D eigenvalue weighted by molar-refractivity contribution is 0.132. The average molecular weight is 597 g/mol. The molecule has 43 heavy (non-hydrogen) atoms. The summed E-state index contributed by atoms with van der Waals surface area (Å²) in [5.74, 6) is 0. The van der Waals surface area contributed by atoms with Crippen LogP contribution in [0.25, 0.3) is 38.9 Å². The van der Waals surface area contributed by atoms with E-state index < -0.39 is 10.0 Å². The van der Waals surface area contributed by atoms with Crippen LogP contribution in [0.4, 0.5) is 0 Å². The number of pyridine rings is 2. The van der Waals surface area contributed by atoms with Gasteiger partial charge in [-0.2, -0.15) is 27.8 Å². The predicted molar refractivity (Wildman–Crippen MR) is 161 cm³/mol. The van der Waals surface area contributed by atoms with Crippen LogP contribution >= 0.6 is 0 Å². The number of fused-ring (bicyclic) bond motifs is 2. The molecule has 1 aliphatic heterocycles. The smallest absolute Gasteiger partial charge is 0.300 e. The Balaban J connectivity index is 1.09. The largest absolute Gasteiger partial charge is 0.301 e. The number of rotatable bonds is 6. The number of nitrogens with zero attached hydrogens (tertiary/aromatic N) is 10. The average Bonchev–Trinajstić information content (AvgIpc) is 3.86. The normalized spacial score (nSPS) is 17.5. The maximum Gasteiger partial charge on any atom is 0.301 e. The number of hydrogen-bond donors (Lipinski definition) is 0. The second-order valence-corrected chi connectivity index (χ2v) is 13.4. The molecule has 0 unspecified atom stereocenters. The van der Waals surface area contributed by atoms with E-state index in [-0.39, 0.29) is 5.03 Å². The number of aryl methyl sites for hydroxylation is 1. The summed E-state index contributed by atoms with van der Waals surface area (Å²) in [6, 6.07) is 6.63. The highest BCUT2D eigenvalue weighted by Crippen LogP contribution is 2.31. The Kier molecular flexibility index (Phi) is 6.19. The molecule has 0 spiro atoms. The molecule has 0 atom stereocenters. The molecule has 13 heteroatoms. The summed E-state index contributed by atoms with van der Waals surface area (Å²) in [5.41, 5.74) is 4.79. The van der Waals surface area contributed by atoms with Gasteiger partial charge in [-0.05, 0) is 43.9 Å². The molecule has 220 valence electrons. The van der Waals surface area contributed by atoms with Crippen LogP contribution in [0.5, 0.6) is 0 Å². The second-order valence-electron chi connectivity index (χ2n) is 11.7. The van der Waals surface area contributed by atoms with Gasteiger partial charge in [-0.25, -0.2) is 4.98 Å². The quantitative estimate of drug-likeness (QED) is 0.281. The van der Waals surface area contributed by atoms with Gasteiger partial charge in [0.25, 0.3) is 0 Å². The molecule has 0 radical (unpaired) electrons. The number of imidazole rings is 1. The summed E-state index contributed by atoms with van der Waals surface area (Å²) in [5, 5.41) is 13.2. The lowest BCUT2D eigenvalue weighted by Gasteiger charge is -2.36. The minimum atomic E-state index is -4.10. The van der Waals surface area contributed by atoms with Crippen molar-refractivity contribution in [1.82, 2.24) is 48.0 Å². The minimum absolute atomic E-state index is 0.0143. The van der Waals surface area contributed by atoms with Crippen LogP contribution in [0.15, 0.2) is 72.8 Å². The third-order valence-electron chi connectivity index (χ3n) is 9.04. The van der Waals surface area contributed by atoms with Gasteiger partial charge in [0.1, 0.15) is 16.7 Å². The van der Waals surface area contributed by atoms with Crippen LogP contribution in [0.3, 0.4) is 0 Å². The van der Waals surface area contributed by atoms with Crippen molar-refractivity contribution < 1.29 is 8.42 Å². The third kappa shape index (κ3) is 4.54. The zero-order valence-electron chi connectivity index (χ0n) is 23.9. The topological polar surface area (TPSA) is 121 Å². The van der Waals surface area contributed by atoms with Crippen molar-refractivity contribution in [1.29, 1.82) is 0 Å². The van der Waals surface area contributed by atoms with Crippen molar-refractivity contribution in [3.63, 3.8) is 0 Å². The van der Waals surface area contributed by atoms with Crippen LogP contribution < -0.4 is 0 Å². The van der Waals surface area contributed by atoms with Crippen molar-refractivity contribution in [2.45, 2.75) is 55.6 Å². The first-order chi connectivity index (χ1) is 20.9. The number of piperidine rings is 1. The summed E-state index contributed by atoms with van der Waals surface area (Å²) in [6.45, 7) is 2.23. The first-order valence-electron chi connectivity index (χ1n) is 14.8. The molecule has 0 N–H and O–H groups in total. The van der Waals surface area contributed by atoms with E-state index in [1.807, 2.05) is 31.6 Å². The fraction of sp³-hybridized carbons (Fsp3) is 0.367. The highest BCUT2D eigenvalue weighted by atomic mass is 32.2. The molecule has 6 aromatic rings. The van der Waals surface area contributed by atoms with Crippen LogP contribution in [-0.4, -0.2) is 75.6 Å². The summed E-state index contributed by atoms with van der Waals surface area (Å²) >= 11 is 0. The Morgan fingerprint density at radius 2 is 1.53 bits per heavy atom. The van der Waals surface area contributed by atoms with E-state index in [9.17, 15) is 8.42 Å². The van der Waals surface area contributed by atoms with E-state index in [2.05, 4.69) is 35.9 Å². The predicted octanol–water partition coefficient (Wildman–Crippen LogP) is 4.16. The van der Waals surface area contributed by atoms with E-state index >= 15 is 0 Å². The van der Waals surface area contributed by atoms with Crippen LogP contribution in [-0.2, 0) is 17.1 Å². The number of hydrogen-bond acceptors (Lipinski definition) is 8. The fourth-order valence-corrected chi connectivity index (χ4v) is 8.02. The Bertz CT molecular complexity index is 2060. The van der Waals surface area contributed by atoms with Gasteiger partial charge < -0.3 is 4.90 Å². The van der Waals surface area contributed by atoms with E-state index in [0.29, 0.717) is 22.7 Å². The lowest BCUT2D eigenvalue weighted by Crippen LogP contribution is -2.40. The lowest BCUT2D eigenvalue weighted by atomic mass is 10.0. The Morgan fingerprint density at radius 1 is 0.744 bits per heavy atom. The van der Waals surface area contributed by atoms with Crippen molar-refractivity contribution in [2.24, 2.45) is 7.05 Å². The standard InChI is InChI=1S/C30H32N10O2S/c1-36-18-23(14-33-36)21-6-7-29-32-17-30(38(29)19-21)43(41,42)40-28-12-22(13-31-27(28)16-35-40)24-15-34-39(20-24)26-8-10-37(11-9-26)25-4-2-3-5-25/h6-7,12-20,25-26H,2-5,8-11H2,1H3. The Hall–Kier alpha value is -4.36. The molecule has 8 rings (SSSR count). The van der Waals surface area contributed by atoms with Gasteiger partial charge in [0.15, 0.2) is 5.03 Å². The first kappa shape index (κ1) is 26.3. The van der Waals surface area contributed by atoms with Gasteiger partial charge in [-0.3, -0.25) is 18.7 Å². The molecule has 12 nitrogen and oxygen atoms in total. The molecule has 0 amide bonds. The van der Waals surface area contributed by atoms with E-state index in [1.165, 1.54) is 38.1 Å². The second kappa shape index (κ2) is 10.1. The van der Waals surface area contributed by atoms with Gasteiger partial charge in [0, 0.05) is 73.2 Å².